The van der Waals surface area contributed by atoms with Gasteiger partial charge in [0.1, 0.15) is 11.8 Å². The lowest BCUT2D eigenvalue weighted by Crippen LogP contribution is -2.49. The Kier molecular flexibility index (Phi) is 11.0. The summed E-state index contributed by atoms with van der Waals surface area (Å²) in [5, 5.41) is 2.86. The minimum Gasteiger partial charge on any atom is -0.495 e. The van der Waals surface area contributed by atoms with Crippen LogP contribution >= 0.6 is 0 Å². The molecule has 1 N–H and O–H groups in total. The van der Waals surface area contributed by atoms with Gasteiger partial charge in [0.2, 0.25) is 21.8 Å². The molecule has 1 atom stereocenters. The number of benzene rings is 2. The third-order valence-corrected chi connectivity index (χ3v) is 6.89. The summed E-state index contributed by atoms with van der Waals surface area (Å²) < 4.78 is 31.6. The van der Waals surface area contributed by atoms with Crippen LogP contribution < -0.4 is 14.4 Å². The summed E-state index contributed by atoms with van der Waals surface area (Å²) in [5.74, 6) is 0.0589. The van der Waals surface area contributed by atoms with Crippen LogP contribution in [0.4, 0.5) is 5.69 Å². The van der Waals surface area contributed by atoms with Crippen LogP contribution in [0.1, 0.15) is 38.7 Å². The Hall–Kier alpha value is -3.07. The predicted octanol–water partition coefficient (Wildman–Crippen LogP) is 3.23. The minimum atomic E-state index is -3.59. The van der Waals surface area contributed by atoms with Crippen molar-refractivity contribution in [1.82, 2.24) is 10.2 Å². The van der Waals surface area contributed by atoms with Crippen LogP contribution in [0.2, 0.25) is 0 Å². The first-order chi connectivity index (χ1) is 16.7. The van der Waals surface area contributed by atoms with Crippen LogP contribution in [0.25, 0.3) is 0 Å². The molecule has 0 fully saturated rings. The third kappa shape index (κ3) is 8.58. The van der Waals surface area contributed by atoms with Gasteiger partial charge in [0, 0.05) is 26.1 Å². The summed E-state index contributed by atoms with van der Waals surface area (Å²) >= 11 is 0. The van der Waals surface area contributed by atoms with E-state index in [-0.39, 0.29) is 24.8 Å². The summed E-state index contributed by atoms with van der Waals surface area (Å²) in [4.78, 5) is 27.4. The van der Waals surface area contributed by atoms with E-state index in [2.05, 4.69) is 5.32 Å². The van der Waals surface area contributed by atoms with Crippen molar-refractivity contribution in [1.29, 1.82) is 0 Å². The lowest BCUT2D eigenvalue weighted by atomic mass is 10.1. The molecule has 0 heterocycles. The largest absolute Gasteiger partial charge is 0.495 e. The molecule has 0 saturated carbocycles. The molecule has 0 saturated heterocycles. The number of amides is 2. The molecule has 2 aromatic carbocycles. The highest BCUT2D eigenvalue weighted by atomic mass is 32.2. The fourth-order valence-electron chi connectivity index (χ4n) is 3.78. The second-order valence-corrected chi connectivity index (χ2v) is 10.3. The smallest absolute Gasteiger partial charge is 0.242 e. The highest BCUT2D eigenvalue weighted by Gasteiger charge is 2.26. The molecular weight excluding hydrogens is 466 g/mol. The fourth-order valence-corrected chi connectivity index (χ4v) is 4.75. The maximum absolute atomic E-state index is 13.2. The van der Waals surface area contributed by atoms with Crippen LogP contribution in [-0.2, 0) is 26.0 Å². The van der Waals surface area contributed by atoms with Crippen LogP contribution in [0, 0.1) is 0 Å². The van der Waals surface area contributed by atoms with Crippen LogP contribution in [0.15, 0.2) is 54.6 Å². The van der Waals surface area contributed by atoms with Gasteiger partial charge in [0.15, 0.2) is 0 Å². The van der Waals surface area contributed by atoms with Crippen molar-refractivity contribution in [2.45, 2.75) is 45.6 Å². The van der Waals surface area contributed by atoms with E-state index in [9.17, 15) is 18.0 Å². The van der Waals surface area contributed by atoms with E-state index in [1.54, 1.807) is 36.1 Å². The molecule has 0 aromatic heterocycles. The number of anilines is 1. The topological polar surface area (TPSA) is 96.0 Å². The maximum Gasteiger partial charge on any atom is 0.242 e. The Morgan fingerprint density at radius 2 is 1.69 bits per heavy atom. The molecule has 0 radical (unpaired) electrons. The Morgan fingerprint density at radius 3 is 2.31 bits per heavy atom. The normalized spacial score (nSPS) is 12.0. The molecule has 0 aliphatic heterocycles. The van der Waals surface area contributed by atoms with Gasteiger partial charge in [-0.2, -0.15) is 0 Å². The number of carbonyl (C=O) groups excluding carboxylic acids is 2. The van der Waals surface area contributed by atoms with Crippen molar-refractivity contribution >= 4 is 27.5 Å². The van der Waals surface area contributed by atoms with Gasteiger partial charge in [-0.05, 0) is 43.9 Å². The maximum atomic E-state index is 13.2. The van der Waals surface area contributed by atoms with Crippen molar-refractivity contribution in [3.05, 3.63) is 60.2 Å². The average molecular weight is 504 g/mol. The van der Waals surface area contributed by atoms with Gasteiger partial charge in [-0.25, -0.2) is 8.42 Å². The predicted molar refractivity (Wildman–Crippen MR) is 139 cm³/mol. The first kappa shape index (κ1) is 28.2. The SMILES string of the molecule is CCCNC(=O)C(C)N(CCc1ccccc1)C(=O)CCCN(c1ccccc1OC)S(C)(=O)=O. The first-order valence-electron chi connectivity index (χ1n) is 11.9. The molecule has 35 heavy (non-hydrogen) atoms. The van der Waals surface area contributed by atoms with Crippen molar-refractivity contribution in [3.63, 3.8) is 0 Å². The zero-order chi connectivity index (χ0) is 25.8. The number of nitrogens with zero attached hydrogens (tertiary/aromatic N) is 2. The van der Waals surface area contributed by atoms with Gasteiger partial charge >= 0.3 is 0 Å². The number of para-hydroxylation sites is 2. The molecule has 2 amide bonds. The lowest BCUT2D eigenvalue weighted by molar-refractivity contribution is -0.139. The number of sulfonamides is 1. The highest BCUT2D eigenvalue weighted by molar-refractivity contribution is 7.92. The molecule has 192 valence electrons. The molecule has 0 bridgehead atoms. The van der Waals surface area contributed by atoms with Crippen molar-refractivity contribution in [2.75, 3.05) is 37.3 Å². The zero-order valence-electron chi connectivity index (χ0n) is 21.1. The van der Waals surface area contributed by atoms with Crippen LogP contribution in [0.5, 0.6) is 5.75 Å². The van der Waals surface area contributed by atoms with Gasteiger partial charge in [0.05, 0.1) is 19.1 Å². The molecule has 0 spiro atoms. The monoisotopic (exact) mass is 503 g/mol. The first-order valence-corrected chi connectivity index (χ1v) is 13.8. The van der Waals surface area contributed by atoms with Gasteiger partial charge in [-0.3, -0.25) is 13.9 Å². The summed E-state index contributed by atoms with van der Waals surface area (Å²) in [6, 6.07) is 16.0. The lowest BCUT2D eigenvalue weighted by Gasteiger charge is -2.29. The second kappa shape index (κ2) is 13.7. The van der Waals surface area contributed by atoms with E-state index in [1.165, 1.54) is 11.4 Å². The van der Waals surface area contributed by atoms with Gasteiger partial charge in [-0.15, -0.1) is 0 Å². The molecule has 0 aliphatic carbocycles. The number of carbonyl (C=O) groups is 2. The van der Waals surface area contributed by atoms with Gasteiger partial charge in [-0.1, -0.05) is 49.4 Å². The van der Waals surface area contributed by atoms with Crippen LogP contribution in [-0.4, -0.2) is 64.2 Å². The number of nitrogens with one attached hydrogen (secondary N) is 1. The van der Waals surface area contributed by atoms with Crippen LogP contribution in [0.3, 0.4) is 0 Å². The second-order valence-electron chi connectivity index (χ2n) is 8.40. The minimum absolute atomic E-state index is 0.112. The van der Waals surface area contributed by atoms with Crippen molar-refractivity contribution in [3.8, 4) is 5.75 Å². The molecule has 2 aromatic rings. The number of rotatable bonds is 14. The Labute approximate surface area is 209 Å². The quantitative estimate of drug-likeness (QED) is 0.427. The van der Waals surface area contributed by atoms with E-state index in [0.717, 1.165) is 18.2 Å². The standard InChI is InChI=1S/C26H37N3O5S/c1-5-18-27-26(31)21(2)28(20-17-22-12-7-6-8-13-22)25(30)16-11-19-29(35(4,32)33)23-14-9-10-15-24(23)34-3/h6-10,12-15,21H,5,11,16-20H2,1-4H3,(H,27,31). The van der Waals surface area contributed by atoms with Gasteiger partial charge < -0.3 is 15.0 Å². The Balaban J connectivity index is 2.12. The molecule has 0 aliphatic rings. The third-order valence-electron chi connectivity index (χ3n) is 5.71. The number of methoxy groups -OCH3 is 1. The Bertz CT molecular complexity index is 1060. The molecule has 2 rings (SSSR count). The van der Waals surface area contributed by atoms with Gasteiger partial charge in [0.25, 0.3) is 0 Å². The van der Waals surface area contributed by atoms with E-state index in [4.69, 9.17) is 4.74 Å². The van der Waals surface area contributed by atoms with E-state index >= 15 is 0 Å². The van der Waals surface area contributed by atoms with Crippen molar-refractivity contribution in [2.24, 2.45) is 0 Å². The summed E-state index contributed by atoms with van der Waals surface area (Å²) in [6.07, 6.45) is 2.97. The Morgan fingerprint density at radius 1 is 1.03 bits per heavy atom. The summed E-state index contributed by atoms with van der Waals surface area (Å²) in [7, 11) is -2.11. The fraction of sp³-hybridized carbons (Fsp3) is 0.462. The molecule has 1 unspecified atom stereocenters. The van der Waals surface area contributed by atoms with E-state index in [1.807, 2.05) is 37.3 Å². The number of hydrogen-bond acceptors (Lipinski definition) is 5. The summed E-state index contributed by atoms with van der Waals surface area (Å²) in [5.41, 5.74) is 1.50. The summed E-state index contributed by atoms with van der Waals surface area (Å²) in [6.45, 7) is 4.76. The molecule has 8 nitrogen and oxygen atoms in total. The zero-order valence-corrected chi connectivity index (χ0v) is 21.9. The average Bonchev–Trinajstić information content (AvgIpc) is 2.85. The molecule has 9 heteroatoms. The van der Waals surface area contributed by atoms with E-state index < -0.39 is 16.1 Å². The van der Waals surface area contributed by atoms with E-state index in [0.29, 0.717) is 37.4 Å². The van der Waals surface area contributed by atoms with Crippen molar-refractivity contribution < 1.29 is 22.7 Å². The highest BCUT2D eigenvalue weighted by Crippen LogP contribution is 2.29. The number of ether oxygens (including phenoxy) is 1. The molecular formula is C26H37N3O5S. The number of hydrogen-bond donors (Lipinski definition) is 1.